The summed E-state index contributed by atoms with van der Waals surface area (Å²) in [6, 6.07) is 0.485. The van der Waals surface area contributed by atoms with E-state index >= 15 is 0 Å². The Bertz CT molecular complexity index is 312. The molecule has 0 saturated heterocycles. The second-order valence-corrected chi connectivity index (χ2v) is 3.66. The van der Waals surface area contributed by atoms with E-state index in [0.29, 0.717) is 24.4 Å². The minimum atomic E-state index is 0.363. The van der Waals surface area contributed by atoms with E-state index in [2.05, 4.69) is 30.9 Å². The van der Waals surface area contributed by atoms with E-state index in [1.165, 1.54) is 25.7 Å². The van der Waals surface area contributed by atoms with E-state index in [4.69, 9.17) is 5.73 Å². The molecule has 0 aliphatic heterocycles. The zero-order chi connectivity index (χ0) is 10.5. The van der Waals surface area contributed by atoms with Crippen molar-refractivity contribution in [2.45, 2.75) is 38.3 Å². The Balaban J connectivity index is 1.79. The Labute approximate surface area is 87.5 Å². The average molecular weight is 209 g/mol. The van der Waals surface area contributed by atoms with Gasteiger partial charge in [0, 0.05) is 6.04 Å². The lowest BCUT2D eigenvalue weighted by molar-refractivity contribution is 0.625. The summed E-state index contributed by atoms with van der Waals surface area (Å²) in [4.78, 5) is 4.13. The predicted molar refractivity (Wildman–Crippen MR) is 54.9 cm³/mol. The number of nitrogens with zero attached hydrogens (tertiary/aromatic N) is 4. The summed E-state index contributed by atoms with van der Waals surface area (Å²) >= 11 is 0. The minimum absolute atomic E-state index is 0.363. The predicted octanol–water partition coefficient (Wildman–Crippen LogP) is -0.453. The molecule has 0 amide bonds. The summed E-state index contributed by atoms with van der Waals surface area (Å²) in [7, 11) is 0. The van der Waals surface area contributed by atoms with Gasteiger partial charge in [-0.15, -0.1) is 10.2 Å². The Morgan fingerprint density at radius 3 is 3.00 bits per heavy atom. The molecule has 0 aromatic carbocycles. The van der Waals surface area contributed by atoms with Crippen LogP contribution in [0.2, 0.25) is 0 Å². The summed E-state index contributed by atoms with van der Waals surface area (Å²) in [5, 5.41) is 16.5. The van der Waals surface area contributed by atoms with Crippen molar-refractivity contribution in [1.29, 1.82) is 0 Å². The standard InChI is InChI=1S/C8H15N7/c9-8(11-6-3-1-2-4-6)10-5-7-12-14-15-13-7/h6H,1-5H2,(H3,9,10,11)(H,12,13,14,15). The fourth-order valence-corrected chi connectivity index (χ4v) is 1.73. The first kappa shape index (κ1) is 9.88. The minimum Gasteiger partial charge on any atom is -0.370 e. The van der Waals surface area contributed by atoms with Gasteiger partial charge in [-0.05, 0) is 12.8 Å². The molecule has 1 fully saturated rings. The van der Waals surface area contributed by atoms with Crippen LogP contribution in [0.5, 0.6) is 0 Å². The lowest BCUT2D eigenvalue weighted by atomic mass is 10.2. The highest BCUT2D eigenvalue weighted by molar-refractivity contribution is 5.78. The highest BCUT2D eigenvalue weighted by atomic mass is 15.5. The maximum absolute atomic E-state index is 5.72. The largest absolute Gasteiger partial charge is 0.370 e. The second kappa shape index (κ2) is 4.72. The van der Waals surface area contributed by atoms with Crippen molar-refractivity contribution in [3.8, 4) is 0 Å². The van der Waals surface area contributed by atoms with E-state index in [9.17, 15) is 0 Å². The van der Waals surface area contributed by atoms with Gasteiger partial charge in [0.2, 0.25) is 0 Å². The van der Waals surface area contributed by atoms with Gasteiger partial charge in [0.1, 0.15) is 6.54 Å². The van der Waals surface area contributed by atoms with Crippen molar-refractivity contribution in [3.05, 3.63) is 5.82 Å². The van der Waals surface area contributed by atoms with Crippen molar-refractivity contribution < 1.29 is 0 Å². The van der Waals surface area contributed by atoms with Gasteiger partial charge in [-0.1, -0.05) is 18.1 Å². The molecule has 1 aliphatic rings. The van der Waals surface area contributed by atoms with Gasteiger partial charge in [0.15, 0.2) is 11.8 Å². The van der Waals surface area contributed by atoms with Gasteiger partial charge < -0.3 is 11.1 Å². The van der Waals surface area contributed by atoms with Gasteiger partial charge in [-0.3, -0.25) is 0 Å². The number of aromatic nitrogens is 4. The van der Waals surface area contributed by atoms with Crippen molar-refractivity contribution in [1.82, 2.24) is 25.9 Å². The molecule has 0 radical (unpaired) electrons. The highest BCUT2D eigenvalue weighted by Gasteiger charge is 2.14. The average Bonchev–Trinajstić information content (AvgIpc) is 2.86. The number of aliphatic imine (C=N–C) groups is 1. The van der Waals surface area contributed by atoms with Crippen molar-refractivity contribution in [2.24, 2.45) is 10.7 Å². The quantitative estimate of drug-likeness (QED) is 0.462. The number of nitrogens with two attached hydrogens (primary N) is 1. The van der Waals surface area contributed by atoms with Crippen molar-refractivity contribution >= 4 is 5.96 Å². The molecule has 82 valence electrons. The zero-order valence-corrected chi connectivity index (χ0v) is 8.48. The molecule has 7 heteroatoms. The van der Waals surface area contributed by atoms with Crippen LogP contribution in [0.4, 0.5) is 0 Å². The van der Waals surface area contributed by atoms with Crippen molar-refractivity contribution in [3.63, 3.8) is 0 Å². The van der Waals surface area contributed by atoms with Crippen LogP contribution in [0.3, 0.4) is 0 Å². The van der Waals surface area contributed by atoms with Gasteiger partial charge in [0.25, 0.3) is 0 Å². The first-order valence-corrected chi connectivity index (χ1v) is 5.13. The van der Waals surface area contributed by atoms with E-state index < -0.39 is 0 Å². The number of rotatable bonds is 3. The smallest absolute Gasteiger partial charge is 0.196 e. The lowest BCUT2D eigenvalue weighted by Crippen LogP contribution is -2.38. The number of tetrazole rings is 1. The van der Waals surface area contributed by atoms with Gasteiger partial charge in [0.05, 0.1) is 0 Å². The molecule has 0 spiro atoms. The summed E-state index contributed by atoms with van der Waals surface area (Å²) < 4.78 is 0. The highest BCUT2D eigenvalue weighted by Crippen LogP contribution is 2.17. The molecular weight excluding hydrogens is 194 g/mol. The Morgan fingerprint density at radius 2 is 2.33 bits per heavy atom. The fourth-order valence-electron chi connectivity index (χ4n) is 1.73. The van der Waals surface area contributed by atoms with Crippen LogP contribution in [0, 0.1) is 0 Å². The van der Waals surface area contributed by atoms with Crippen LogP contribution < -0.4 is 11.1 Å². The summed E-state index contributed by atoms with van der Waals surface area (Å²) in [5.74, 6) is 1.01. The number of hydrogen-bond acceptors (Lipinski definition) is 4. The topological polar surface area (TPSA) is 105 Å². The van der Waals surface area contributed by atoms with Gasteiger partial charge in [-0.2, -0.15) is 5.21 Å². The molecule has 1 aromatic heterocycles. The molecule has 0 atom stereocenters. The fraction of sp³-hybridized carbons (Fsp3) is 0.750. The summed E-state index contributed by atoms with van der Waals surface area (Å²) in [5.41, 5.74) is 5.72. The molecule has 1 aliphatic carbocycles. The molecular formula is C8H15N7. The zero-order valence-electron chi connectivity index (χ0n) is 8.48. The molecule has 4 N–H and O–H groups in total. The molecule has 7 nitrogen and oxygen atoms in total. The molecule has 1 heterocycles. The van der Waals surface area contributed by atoms with Crippen LogP contribution in [0.1, 0.15) is 31.5 Å². The number of hydrogen-bond donors (Lipinski definition) is 3. The molecule has 1 aromatic rings. The Hall–Kier alpha value is -1.66. The molecule has 0 unspecified atom stereocenters. The number of H-pyrrole nitrogens is 1. The molecule has 2 rings (SSSR count). The second-order valence-electron chi connectivity index (χ2n) is 3.66. The number of guanidine groups is 1. The normalized spacial score (nSPS) is 18.3. The van der Waals surface area contributed by atoms with E-state index in [0.717, 1.165) is 0 Å². The monoisotopic (exact) mass is 209 g/mol. The summed E-state index contributed by atoms with van der Waals surface area (Å²) in [6.07, 6.45) is 4.91. The third kappa shape index (κ3) is 2.90. The van der Waals surface area contributed by atoms with Crippen LogP contribution in [-0.4, -0.2) is 32.6 Å². The van der Waals surface area contributed by atoms with Crippen LogP contribution in [0.25, 0.3) is 0 Å². The van der Waals surface area contributed by atoms with Crippen LogP contribution in [0.15, 0.2) is 4.99 Å². The summed E-state index contributed by atoms with van der Waals surface area (Å²) in [6.45, 7) is 0.363. The van der Waals surface area contributed by atoms with E-state index in [1.807, 2.05) is 0 Å². The SMILES string of the molecule is NC(=NCc1nn[nH]n1)NC1CCCC1. The maximum atomic E-state index is 5.72. The molecule has 1 saturated carbocycles. The van der Waals surface area contributed by atoms with Gasteiger partial charge in [-0.25, -0.2) is 4.99 Å². The van der Waals surface area contributed by atoms with Gasteiger partial charge >= 0.3 is 0 Å². The number of nitrogens with one attached hydrogen (secondary N) is 2. The molecule has 15 heavy (non-hydrogen) atoms. The third-order valence-corrected chi connectivity index (χ3v) is 2.49. The Kier molecular flexibility index (Phi) is 3.11. The Morgan fingerprint density at radius 1 is 1.53 bits per heavy atom. The first-order chi connectivity index (χ1) is 7.34. The van der Waals surface area contributed by atoms with E-state index in [-0.39, 0.29) is 0 Å². The maximum Gasteiger partial charge on any atom is 0.196 e. The number of aromatic amines is 1. The lowest BCUT2D eigenvalue weighted by Gasteiger charge is -2.11. The van der Waals surface area contributed by atoms with Crippen LogP contribution >= 0.6 is 0 Å². The molecule has 0 bridgehead atoms. The van der Waals surface area contributed by atoms with Crippen LogP contribution in [-0.2, 0) is 6.54 Å². The van der Waals surface area contributed by atoms with E-state index in [1.54, 1.807) is 0 Å². The first-order valence-electron chi connectivity index (χ1n) is 5.13. The van der Waals surface area contributed by atoms with Crippen molar-refractivity contribution in [2.75, 3.05) is 0 Å². The third-order valence-electron chi connectivity index (χ3n) is 2.49.